The van der Waals surface area contributed by atoms with Gasteiger partial charge in [0.1, 0.15) is 23.5 Å². The molecule has 132 valence electrons. The summed E-state index contributed by atoms with van der Waals surface area (Å²) in [6.45, 7) is 1.18. The number of amides is 2. The Morgan fingerprint density at radius 3 is 2.80 bits per heavy atom. The maximum Gasteiger partial charge on any atom is 0.274 e. The molecule has 0 aliphatic carbocycles. The van der Waals surface area contributed by atoms with Gasteiger partial charge >= 0.3 is 0 Å². The molecule has 0 saturated carbocycles. The maximum atomic E-state index is 13.7. The molecule has 1 atom stereocenters. The van der Waals surface area contributed by atoms with Gasteiger partial charge in [0.2, 0.25) is 11.8 Å². The molecule has 2 amide bonds. The molecule has 2 aliphatic rings. The summed E-state index contributed by atoms with van der Waals surface area (Å²) in [5.74, 6) is -0.409. The van der Waals surface area contributed by atoms with Gasteiger partial charge in [-0.1, -0.05) is 17.4 Å². The van der Waals surface area contributed by atoms with Gasteiger partial charge in [-0.15, -0.1) is 0 Å². The van der Waals surface area contributed by atoms with Gasteiger partial charge in [-0.3, -0.25) is 9.59 Å². The number of aromatic nitrogens is 1. The zero-order valence-corrected chi connectivity index (χ0v) is 14.4. The number of rotatable bonds is 3. The molecular formula is C17H18FN3O3S. The second-order valence-corrected chi connectivity index (χ2v) is 7.36. The minimum atomic E-state index is -0.378. The van der Waals surface area contributed by atoms with E-state index in [4.69, 9.17) is 4.74 Å². The predicted octanol–water partition coefficient (Wildman–Crippen LogP) is 2.08. The van der Waals surface area contributed by atoms with E-state index in [0.717, 1.165) is 4.70 Å². The van der Waals surface area contributed by atoms with Crippen molar-refractivity contribution < 1.29 is 18.7 Å². The fourth-order valence-electron chi connectivity index (χ4n) is 3.30. The summed E-state index contributed by atoms with van der Waals surface area (Å²) in [6.07, 6.45) is 2.36. The van der Waals surface area contributed by atoms with Crippen LogP contribution in [0, 0.1) is 5.82 Å². The van der Waals surface area contributed by atoms with E-state index in [1.54, 1.807) is 11.0 Å². The van der Waals surface area contributed by atoms with Crippen LogP contribution in [0.5, 0.6) is 5.19 Å². The van der Waals surface area contributed by atoms with Gasteiger partial charge in [0.15, 0.2) is 0 Å². The lowest BCUT2D eigenvalue weighted by molar-refractivity contribution is -0.136. The fourth-order valence-corrected chi connectivity index (χ4v) is 4.20. The molecule has 1 aromatic carbocycles. The highest BCUT2D eigenvalue weighted by Crippen LogP contribution is 2.31. The smallest absolute Gasteiger partial charge is 0.274 e. The Morgan fingerprint density at radius 2 is 2.12 bits per heavy atom. The van der Waals surface area contributed by atoms with Crippen molar-refractivity contribution >= 4 is 33.4 Å². The average molecular weight is 363 g/mol. The molecule has 6 nitrogen and oxygen atoms in total. The monoisotopic (exact) mass is 363 g/mol. The van der Waals surface area contributed by atoms with Gasteiger partial charge < -0.3 is 15.0 Å². The van der Waals surface area contributed by atoms with Crippen molar-refractivity contribution in [2.75, 3.05) is 13.1 Å². The van der Waals surface area contributed by atoms with E-state index < -0.39 is 0 Å². The van der Waals surface area contributed by atoms with Crippen molar-refractivity contribution in [3.63, 3.8) is 0 Å². The topological polar surface area (TPSA) is 71.5 Å². The van der Waals surface area contributed by atoms with Crippen molar-refractivity contribution in [1.29, 1.82) is 0 Å². The number of piperidine rings is 1. The SMILES string of the molecule is O=C1CCC(C(=O)N2CCC(Oc3nc4c(F)cccc4s3)CC2)N1. The molecule has 2 aliphatic heterocycles. The van der Waals surface area contributed by atoms with Crippen LogP contribution in [0.25, 0.3) is 10.2 Å². The molecule has 8 heteroatoms. The van der Waals surface area contributed by atoms with Crippen LogP contribution in [0.1, 0.15) is 25.7 Å². The van der Waals surface area contributed by atoms with Crippen molar-refractivity contribution in [1.82, 2.24) is 15.2 Å². The van der Waals surface area contributed by atoms with Gasteiger partial charge in [0.25, 0.3) is 5.19 Å². The van der Waals surface area contributed by atoms with Crippen molar-refractivity contribution in [2.24, 2.45) is 0 Å². The van der Waals surface area contributed by atoms with E-state index in [9.17, 15) is 14.0 Å². The number of nitrogens with zero attached hydrogens (tertiary/aromatic N) is 2. The highest BCUT2D eigenvalue weighted by Gasteiger charge is 2.33. The van der Waals surface area contributed by atoms with Crippen LogP contribution in [-0.2, 0) is 9.59 Å². The first-order chi connectivity index (χ1) is 12.1. The van der Waals surface area contributed by atoms with Crippen LogP contribution in [0.4, 0.5) is 4.39 Å². The quantitative estimate of drug-likeness (QED) is 0.906. The molecular weight excluding hydrogens is 345 g/mol. The van der Waals surface area contributed by atoms with E-state index in [-0.39, 0.29) is 29.8 Å². The zero-order chi connectivity index (χ0) is 17.4. The predicted molar refractivity (Wildman–Crippen MR) is 91.0 cm³/mol. The fraction of sp³-hybridized carbons (Fsp3) is 0.471. The number of para-hydroxylation sites is 1. The Kier molecular flexibility index (Phi) is 4.29. The van der Waals surface area contributed by atoms with Crippen LogP contribution in [-0.4, -0.2) is 46.9 Å². The van der Waals surface area contributed by atoms with Gasteiger partial charge in [-0.2, -0.15) is 4.98 Å². The van der Waals surface area contributed by atoms with Crippen LogP contribution in [0.3, 0.4) is 0 Å². The molecule has 0 radical (unpaired) electrons. The zero-order valence-electron chi connectivity index (χ0n) is 13.5. The number of ether oxygens (including phenoxy) is 1. The minimum absolute atomic E-state index is 0.00800. The number of carbonyl (C=O) groups is 2. The molecule has 1 unspecified atom stereocenters. The van der Waals surface area contributed by atoms with Crippen LogP contribution in [0.2, 0.25) is 0 Å². The van der Waals surface area contributed by atoms with E-state index in [1.807, 2.05) is 6.07 Å². The summed E-state index contributed by atoms with van der Waals surface area (Å²) < 4.78 is 20.4. The lowest BCUT2D eigenvalue weighted by Gasteiger charge is -2.33. The second kappa shape index (κ2) is 6.59. The summed E-state index contributed by atoms with van der Waals surface area (Å²) in [6, 6.07) is 4.49. The summed E-state index contributed by atoms with van der Waals surface area (Å²) in [7, 11) is 0. The average Bonchev–Trinajstić information content (AvgIpc) is 3.22. The van der Waals surface area contributed by atoms with Gasteiger partial charge in [-0.25, -0.2) is 4.39 Å². The molecule has 2 fully saturated rings. The highest BCUT2D eigenvalue weighted by molar-refractivity contribution is 7.20. The van der Waals surface area contributed by atoms with Gasteiger partial charge in [0, 0.05) is 32.4 Å². The number of hydrogen-bond donors (Lipinski definition) is 1. The molecule has 1 N–H and O–H groups in total. The number of nitrogens with one attached hydrogen (secondary N) is 1. The molecule has 0 bridgehead atoms. The number of likely N-dealkylation sites (tertiary alicyclic amines) is 1. The lowest BCUT2D eigenvalue weighted by atomic mass is 10.1. The third-order valence-electron chi connectivity index (χ3n) is 4.66. The van der Waals surface area contributed by atoms with E-state index >= 15 is 0 Å². The van der Waals surface area contributed by atoms with Gasteiger partial charge in [-0.05, 0) is 18.6 Å². The van der Waals surface area contributed by atoms with E-state index in [1.165, 1.54) is 17.4 Å². The van der Waals surface area contributed by atoms with Crippen molar-refractivity contribution in [3.8, 4) is 5.19 Å². The van der Waals surface area contributed by atoms with Gasteiger partial charge in [0.05, 0.1) is 4.70 Å². The van der Waals surface area contributed by atoms with Crippen molar-refractivity contribution in [2.45, 2.75) is 37.8 Å². The van der Waals surface area contributed by atoms with Crippen LogP contribution >= 0.6 is 11.3 Å². The summed E-state index contributed by atoms with van der Waals surface area (Å²) in [4.78, 5) is 29.7. The number of hydrogen-bond acceptors (Lipinski definition) is 5. The molecule has 1 aromatic heterocycles. The van der Waals surface area contributed by atoms with Crippen LogP contribution in [0.15, 0.2) is 18.2 Å². The summed E-state index contributed by atoms with van der Waals surface area (Å²) in [5, 5.41) is 3.18. The molecule has 2 saturated heterocycles. The number of halogens is 1. The number of carbonyl (C=O) groups excluding carboxylic acids is 2. The first-order valence-corrected chi connectivity index (χ1v) is 9.21. The Labute approximate surface area is 148 Å². The first kappa shape index (κ1) is 16.3. The van der Waals surface area contributed by atoms with E-state index in [0.29, 0.717) is 49.5 Å². The van der Waals surface area contributed by atoms with E-state index in [2.05, 4.69) is 10.3 Å². The molecule has 25 heavy (non-hydrogen) atoms. The minimum Gasteiger partial charge on any atom is -0.467 e. The maximum absolute atomic E-state index is 13.7. The molecule has 3 heterocycles. The summed E-state index contributed by atoms with van der Waals surface area (Å²) in [5.41, 5.74) is 0.340. The lowest BCUT2D eigenvalue weighted by Crippen LogP contribution is -2.49. The Balaban J connectivity index is 1.34. The normalized spacial score (nSPS) is 21.6. The molecule has 4 rings (SSSR count). The van der Waals surface area contributed by atoms with Crippen LogP contribution < -0.4 is 10.1 Å². The number of benzene rings is 1. The number of fused-ring (bicyclic) bond motifs is 1. The Hall–Kier alpha value is -2.22. The highest BCUT2D eigenvalue weighted by atomic mass is 32.1. The largest absolute Gasteiger partial charge is 0.467 e. The third-order valence-corrected chi connectivity index (χ3v) is 5.58. The molecule has 2 aromatic rings. The first-order valence-electron chi connectivity index (χ1n) is 8.40. The Morgan fingerprint density at radius 1 is 1.32 bits per heavy atom. The second-order valence-electron chi connectivity index (χ2n) is 6.37. The number of thiazole rings is 1. The summed E-state index contributed by atoms with van der Waals surface area (Å²) >= 11 is 1.33. The third kappa shape index (κ3) is 3.30. The molecule has 0 spiro atoms. The van der Waals surface area contributed by atoms with Crippen molar-refractivity contribution in [3.05, 3.63) is 24.0 Å². The standard InChI is InChI=1S/C17H18FN3O3S/c18-11-2-1-3-13-15(11)20-17(25-13)24-10-6-8-21(9-7-10)16(23)12-4-5-14(22)19-12/h1-3,10,12H,4-9H2,(H,19,22). The Bertz CT molecular complexity index is 817.